The number of hydrogen-bond donors (Lipinski definition) is 0. The zero-order chi connectivity index (χ0) is 17.1. The van der Waals surface area contributed by atoms with Crippen molar-refractivity contribution >= 4 is 5.91 Å². The molecule has 0 saturated carbocycles. The normalized spacial score (nSPS) is 21.0. The molecule has 2 atom stereocenters. The van der Waals surface area contributed by atoms with Crippen LogP contribution in [0.15, 0.2) is 28.7 Å². The van der Waals surface area contributed by atoms with Gasteiger partial charge in [-0.15, -0.1) is 10.2 Å². The smallest absolute Gasteiger partial charge is 0.247 e. The molecule has 6 nitrogen and oxygen atoms in total. The van der Waals surface area contributed by atoms with Crippen molar-refractivity contribution in [2.75, 3.05) is 13.1 Å². The molecule has 3 rings (SSSR count). The van der Waals surface area contributed by atoms with Gasteiger partial charge in [-0.25, -0.2) is 0 Å². The molecule has 0 aliphatic carbocycles. The predicted molar refractivity (Wildman–Crippen MR) is 89.4 cm³/mol. The second-order valence-electron chi connectivity index (χ2n) is 6.42. The Morgan fingerprint density at radius 3 is 2.50 bits per heavy atom. The Morgan fingerprint density at radius 2 is 1.83 bits per heavy atom. The highest BCUT2D eigenvalue weighted by Gasteiger charge is 2.25. The lowest BCUT2D eigenvalue weighted by Crippen LogP contribution is -2.48. The second kappa shape index (κ2) is 7.13. The second-order valence-corrected chi connectivity index (χ2v) is 6.42. The van der Waals surface area contributed by atoms with Gasteiger partial charge in [0.2, 0.25) is 17.7 Å². The third-order valence-electron chi connectivity index (χ3n) is 4.09. The van der Waals surface area contributed by atoms with Gasteiger partial charge in [-0.2, -0.15) is 0 Å². The number of hydrogen-bond acceptors (Lipinski definition) is 5. The van der Waals surface area contributed by atoms with Crippen LogP contribution in [0.4, 0.5) is 0 Å². The van der Waals surface area contributed by atoms with Crippen molar-refractivity contribution in [2.24, 2.45) is 0 Å². The molecule has 1 amide bonds. The van der Waals surface area contributed by atoms with Gasteiger partial charge in [0.05, 0.1) is 12.2 Å². The van der Waals surface area contributed by atoms with E-state index in [0.717, 1.165) is 5.56 Å². The van der Waals surface area contributed by atoms with E-state index in [-0.39, 0.29) is 18.1 Å². The molecule has 24 heavy (non-hydrogen) atoms. The number of amides is 1. The molecule has 0 N–H and O–H groups in total. The van der Waals surface area contributed by atoms with Gasteiger partial charge in [0.15, 0.2) is 0 Å². The Morgan fingerprint density at radius 1 is 1.17 bits per heavy atom. The van der Waals surface area contributed by atoms with Gasteiger partial charge in [0.1, 0.15) is 0 Å². The lowest BCUT2D eigenvalue weighted by Gasteiger charge is -2.35. The highest BCUT2D eigenvalue weighted by molar-refractivity contribution is 5.76. The average molecular weight is 329 g/mol. The van der Waals surface area contributed by atoms with E-state index in [1.807, 2.05) is 49.9 Å². The van der Waals surface area contributed by atoms with Crippen molar-refractivity contribution < 1.29 is 13.9 Å². The summed E-state index contributed by atoms with van der Waals surface area (Å²) in [6.45, 7) is 7.29. The van der Waals surface area contributed by atoms with E-state index < -0.39 is 0 Å². The Balaban J connectivity index is 1.57. The third kappa shape index (κ3) is 4.00. The number of aromatic nitrogens is 2. The van der Waals surface area contributed by atoms with Crippen molar-refractivity contribution in [1.29, 1.82) is 0 Å². The molecule has 1 fully saturated rings. The zero-order valence-corrected chi connectivity index (χ0v) is 14.4. The molecule has 1 aliphatic heterocycles. The summed E-state index contributed by atoms with van der Waals surface area (Å²) in [5, 5.41) is 8.12. The fourth-order valence-electron chi connectivity index (χ4n) is 2.92. The van der Waals surface area contributed by atoms with Crippen LogP contribution in [0.2, 0.25) is 0 Å². The lowest BCUT2D eigenvalue weighted by atomic mass is 10.1. The Hall–Kier alpha value is -2.21. The summed E-state index contributed by atoms with van der Waals surface area (Å²) < 4.78 is 11.3. The van der Waals surface area contributed by atoms with E-state index in [2.05, 4.69) is 10.2 Å². The average Bonchev–Trinajstić information content (AvgIpc) is 3.01. The maximum Gasteiger partial charge on any atom is 0.247 e. The molecule has 1 aliphatic rings. The lowest BCUT2D eigenvalue weighted by molar-refractivity contribution is -0.143. The number of ether oxygens (including phenoxy) is 1. The van der Waals surface area contributed by atoms with Crippen LogP contribution >= 0.6 is 0 Å². The number of carbonyl (C=O) groups excluding carboxylic acids is 1. The molecule has 0 unspecified atom stereocenters. The summed E-state index contributed by atoms with van der Waals surface area (Å²) in [7, 11) is 0. The van der Waals surface area contributed by atoms with Crippen LogP contribution in [-0.4, -0.2) is 46.3 Å². The maximum absolute atomic E-state index is 12.4. The van der Waals surface area contributed by atoms with E-state index in [1.54, 1.807) is 0 Å². The molecule has 0 bridgehead atoms. The van der Waals surface area contributed by atoms with Gasteiger partial charge in [-0.3, -0.25) is 4.79 Å². The van der Waals surface area contributed by atoms with Crippen LogP contribution in [0.1, 0.15) is 31.7 Å². The number of rotatable bonds is 4. The van der Waals surface area contributed by atoms with Crippen LogP contribution < -0.4 is 0 Å². The summed E-state index contributed by atoms with van der Waals surface area (Å²) in [4.78, 5) is 14.2. The Bertz CT molecular complexity index is 686. The molecular weight excluding hydrogens is 306 g/mol. The number of carbonyl (C=O) groups is 1. The van der Waals surface area contributed by atoms with Crippen molar-refractivity contribution in [3.05, 3.63) is 35.7 Å². The zero-order valence-electron chi connectivity index (χ0n) is 14.4. The van der Waals surface area contributed by atoms with Crippen molar-refractivity contribution in [2.45, 2.75) is 45.8 Å². The first-order valence-electron chi connectivity index (χ1n) is 8.34. The standard InChI is InChI=1S/C18H23N3O3/c1-12-4-6-15(7-5-12)18-20-19-16(24-18)8-9-17(22)21-10-13(2)23-14(3)11-21/h4-7,13-14H,8-11H2,1-3H3/t13-,14-/m0/s1. The SMILES string of the molecule is Cc1ccc(-c2nnc(CCC(=O)N3C[C@H](C)O[C@@H](C)C3)o2)cc1. The summed E-state index contributed by atoms with van der Waals surface area (Å²) in [6, 6.07) is 7.91. The van der Waals surface area contributed by atoms with Gasteiger partial charge in [-0.1, -0.05) is 17.7 Å². The highest BCUT2D eigenvalue weighted by atomic mass is 16.5. The topological polar surface area (TPSA) is 68.5 Å². The molecular formula is C18H23N3O3. The predicted octanol–water partition coefficient (Wildman–Crippen LogP) is 2.61. The van der Waals surface area contributed by atoms with Gasteiger partial charge in [-0.05, 0) is 32.9 Å². The van der Waals surface area contributed by atoms with Crippen molar-refractivity contribution in [1.82, 2.24) is 15.1 Å². The van der Waals surface area contributed by atoms with Crippen LogP contribution in [-0.2, 0) is 16.0 Å². The number of aryl methyl sites for hydroxylation is 2. The monoisotopic (exact) mass is 329 g/mol. The van der Waals surface area contributed by atoms with Crippen molar-refractivity contribution in [3.63, 3.8) is 0 Å². The van der Waals surface area contributed by atoms with E-state index in [0.29, 0.717) is 37.7 Å². The Labute approximate surface area is 141 Å². The molecule has 1 aromatic heterocycles. The fraction of sp³-hybridized carbons (Fsp3) is 0.500. The number of morpholine rings is 1. The van der Waals surface area contributed by atoms with Crippen LogP contribution in [0.5, 0.6) is 0 Å². The molecule has 128 valence electrons. The van der Waals surface area contributed by atoms with Gasteiger partial charge < -0.3 is 14.1 Å². The molecule has 1 aromatic carbocycles. The highest BCUT2D eigenvalue weighted by Crippen LogP contribution is 2.19. The third-order valence-corrected chi connectivity index (χ3v) is 4.09. The van der Waals surface area contributed by atoms with Crippen molar-refractivity contribution in [3.8, 4) is 11.5 Å². The van der Waals surface area contributed by atoms with Crippen LogP contribution in [0.3, 0.4) is 0 Å². The summed E-state index contributed by atoms with van der Waals surface area (Å²) in [5.41, 5.74) is 2.07. The maximum atomic E-state index is 12.4. The first kappa shape index (κ1) is 16.6. The molecule has 1 saturated heterocycles. The van der Waals surface area contributed by atoms with E-state index in [1.165, 1.54) is 5.56 Å². The van der Waals surface area contributed by atoms with Gasteiger partial charge in [0.25, 0.3) is 0 Å². The Kier molecular flexibility index (Phi) is 4.94. The molecule has 6 heteroatoms. The molecule has 2 aromatic rings. The summed E-state index contributed by atoms with van der Waals surface area (Å²) in [6.07, 6.45) is 0.982. The number of benzene rings is 1. The molecule has 0 radical (unpaired) electrons. The fourth-order valence-corrected chi connectivity index (χ4v) is 2.92. The first-order valence-corrected chi connectivity index (χ1v) is 8.34. The van der Waals surface area contributed by atoms with Gasteiger partial charge >= 0.3 is 0 Å². The first-order chi connectivity index (χ1) is 11.5. The number of nitrogens with zero attached hydrogens (tertiary/aromatic N) is 3. The van der Waals surface area contributed by atoms with E-state index in [4.69, 9.17) is 9.15 Å². The quantitative estimate of drug-likeness (QED) is 0.862. The van der Waals surface area contributed by atoms with Crippen LogP contribution in [0.25, 0.3) is 11.5 Å². The summed E-state index contributed by atoms with van der Waals surface area (Å²) in [5.74, 6) is 1.09. The minimum atomic E-state index is 0.0780. The largest absolute Gasteiger partial charge is 0.421 e. The van der Waals surface area contributed by atoms with E-state index in [9.17, 15) is 4.79 Å². The van der Waals surface area contributed by atoms with E-state index >= 15 is 0 Å². The summed E-state index contributed by atoms with van der Waals surface area (Å²) >= 11 is 0. The van der Waals surface area contributed by atoms with Gasteiger partial charge in [0, 0.05) is 31.5 Å². The minimum absolute atomic E-state index is 0.0780. The van der Waals surface area contributed by atoms with Crippen LogP contribution in [0, 0.1) is 6.92 Å². The molecule has 0 spiro atoms. The molecule has 2 heterocycles. The minimum Gasteiger partial charge on any atom is -0.421 e.